The second-order valence-corrected chi connectivity index (χ2v) is 13.9. The molecule has 2 N–H and O–H groups in total. The summed E-state index contributed by atoms with van der Waals surface area (Å²) in [4.78, 5) is 17.6. The van der Waals surface area contributed by atoms with Gasteiger partial charge in [-0.25, -0.2) is 9.97 Å². The van der Waals surface area contributed by atoms with Gasteiger partial charge in [0, 0.05) is 33.4 Å². The van der Waals surface area contributed by atoms with Crippen molar-refractivity contribution in [2.45, 2.75) is 0 Å². The summed E-state index contributed by atoms with van der Waals surface area (Å²) >= 11 is 0. The molecule has 4 nitrogen and oxygen atoms in total. The van der Waals surface area contributed by atoms with E-state index in [0.717, 1.165) is 78.9 Å². The summed E-state index contributed by atoms with van der Waals surface area (Å²) in [6.07, 6.45) is 0. The Morgan fingerprint density at radius 3 is 1.05 bits per heavy atom. The van der Waals surface area contributed by atoms with E-state index in [-0.39, 0.29) is 0 Å². The Balaban J connectivity index is 1.01. The van der Waals surface area contributed by atoms with Crippen LogP contribution in [0.25, 0.3) is 101 Å². The summed E-state index contributed by atoms with van der Waals surface area (Å²) in [5.41, 5.74) is 15.0. The highest BCUT2D eigenvalue weighted by Crippen LogP contribution is 2.40. The number of H-pyrrole nitrogens is 2. The van der Waals surface area contributed by atoms with Crippen LogP contribution >= 0.6 is 0 Å². The minimum Gasteiger partial charge on any atom is -0.337 e. The Morgan fingerprint density at radius 1 is 0.268 bits per heavy atom. The quantitative estimate of drug-likeness (QED) is 0.164. The van der Waals surface area contributed by atoms with Crippen molar-refractivity contribution in [2.24, 2.45) is 0 Å². The molecule has 0 atom stereocenters. The molecular formula is C52H36N4. The molecule has 0 bridgehead atoms. The van der Waals surface area contributed by atoms with Crippen molar-refractivity contribution < 1.29 is 0 Å². The van der Waals surface area contributed by atoms with Crippen LogP contribution in [-0.4, -0.2) is 19.9 Å². The van der Waals surface area contributed by atoms with E-state index in [1.54, 1.807) is 0 Å². The van der Waals surface area contributed by atoms with E-state index in [4.69, 9.17) is 9.97 Å². The Hall–Kier alpha value is -7.56. The molecule has 0 unspecified atom stereocenters. The van der Waals surface area contributed by atoms with Crippen molar-refractivity contribution in [3.05, 3.63) is 206 Å². The van der Waals surface area contributed by atoms with E-state index >= 15 is 0 Å². The number of rotatable bonds is 8. The summed E-state index contributed by atoms with van der Waals surface area (Å²) in [5.74, 6) is 1.70. The molecule has 10 rings (SSSR count). The number of hydrogen-bond donors (Lipinski definition) is 2. The fourth-order valence-electron chi connectivity index (χ4n) is 7.69. The molecular weight excluding hydrogens is 681 g/mol. The smallest absolute Gasteiger partial charge is 0.138 e. The average molecular weight is 717 g/mol. The minimum atomic E-state index is 0.844. The molecule has 0 saturated carbocycles. The van der Waals surface area contributed by atoms with Gasteiger partial charge in [0.25, 0.3) is 0 Å². The fraction of sp³-hybridized carbons (Fsp3) is 0. The van der Waals surface area contributed by atoms with Crippen LogP contribution in [-0.2, 0) is 0 Å². The molecule has 0 radical (unpaired) electrons. The van der Waals surface area contributed by atoms with Gasteiger partial charge in [0.1, 0.15) is 11.6 Å². The van der Waals surface area contributed by atoms with Crippen LogP contribution in [0.4, 0.5) is 0 Å². The van der Waals surface area contributed by atoms with Gasteiger partial charge in [-0.1, -0.05) is 206 Å². The molecule has 10 aromatic rings. The van der Waals surface area contributed by atoms with Crippen molar-refractivity contribution in [2.75, 3.05) is 0 Å². The van der Waals surface area contributed by atoms with Crippen molar-refractivity contribution in [1.29, 1.82) is 0 Å². The van der Waals surface area contributed by atoms with Gasteiger partial charge in [0.05, 0.1) is 22.8 Å². The third-order valence-corrected chi connectivity index (χ3v) is 10.5. The number of aromatic amines is 2. The van der Waals surface area contributed by atoms with Crippen LogP contribution in [0.2, 0.25) is 0 Å². The standard InChI is InChI=1S/C52H36N4/c1-5-15-38(16-6-1)47-48(39-17-7-2-8-18-39)55-52(54-47)43-33-29-36(30-34-43)45-26-14-24-37-23-13-25-44(46(37)45)35-27-31-41(32-28-35)50-49(40-19-9-3-10-20-40)53-51(56-50)42-21-11-4-12-22-42/h1-34H,(H,53,56)(H,54,55). The van der Waals surface area contributed by atoms with Crippen LogP contribution in [0.5, 0.6) is 0 Å². The lowest BCUT2D eigenvalue weighted by Gasteiger charge is -2.13. The van der Waals surface area contributed by atoms with Gasteiger partial charge in [-0.15, -0.1) is 0 Å². The highest BCUT2D eigenvalue weighted by molar-refractivity contribution is 6.06. The molecule has 0 fully saturated rings. The molecule has 264 valence electrons. The third-order valence-electron chi connectivity index (χ3n) is 10.5. The van der Waals surface area contributed by atoms with Crippen molar-refractivity contribution >= 4 is 10.8 Å². The first kappa shape index (κ1) is 33.0. The van der Waals surface area contributed by atoms with Gasteiger partial charge >= 0.3 is 0 Å². The number of fused-ring (bicyclic) bond motifs is 1. The van der Waals surface area contributed by atoms with Crippen molar-refractivity contribution in [3.8, 4) is 90.1 Å². The van der Waals surface area contributed by atoms with E-state index in [2.05, 4.69) is 180 Å². The SMILES string of the molecule is c1ccc(-c2nc(-c3ccc(-c4cccc5cccc(-c6ccc(-c7nc(-c8ccccc8)c(-c8ccccc8)[nH]7)cc6)c45)cc3)c(-c3ccccc3)[nH]2)cc1. The van der Waals surface area contributed by atoms with Gasteiger partial charge in [0.15, 0.2) is 0 Å². The van der Waals surface area contributed by atoms with E-state index < -0.39 is 0 Å². The summed E-state index contributed by atoms with van der Waals surface area (Å²) < 4.78 is 0. The van der Waals surface area contributed by atoms with E-state index in [9.17, 15) is 0 Å². The summed E-state index contributed by atoms with van der Waals surface area (Å²) in [5, 5.41) is 2.42. The zero-order chi connectivity index (χ0) is 37.3. The molecule has 0 aliphatic carbocycles. The number of imidazole rings is 2. The molecule has 8 aromatic carbocycles. The predicted molar refractivity (Wildman–Crippen MR) is 232 cm³/mol. The topological polar surface area (TPSA) is 57.4 Å². The Bertz CT molecular complexity index is 2850. The van der Waals surface area contributed by atoms with Gasteiger partial charge in [-0.3, -0.25) is 0 Å². The number of nitrogens with one attached hydrogen (secondary N) is 2. The van der Waals surface area contributed by atoms with Gasteiger partial charge in [-0.2, -0.15) is 0 Å². The monoisotopic (exact) mass is 716 g/mol. The molecule has 4 heteroatoms. The Kier molecular flexibility index (Phi) is 8.47. The van der Waals surface area contributed by atoms with Crippen molar-refractivity contribution in [3.63, 3.8) is 0 Å². The van der Waals surface area contributed by atoms with Crippen LogP contribution in [0, 0.1) is 0 Å². The molecule has 2 aromatic heterocycles. The third kappa shape index (κ3) is 6.19. The molecule has 56 heavy (non-hydrogen) atoms. The molecule has 0 aliphatic heterocycles. The van der Waals surface area contributed by atoms with Gasteiger partial charge < -0.3 is 9.97 Å². The van der Waals surface area contributed by atoms with Crippen LogP contribution in [0.15, 0.2) is 206 Å². The fourth-order valence-corrected chi connectivity index (χ4v) is 7.69. The Morgan fingerprint density at radius 2 is 0.607 bits per heavy atom. The largest absolute Gasteiger partial charge is 0.337 e. The molecule has 0 saturated heterocycles. The van der Waals surface area contributed by atoms with Gasteiger partial charge in [-0.05, 0) is 33.0 Å². The first-order valence-corrected chi connectivity index (χ1v) is 18.9. The number of benzene rings is 8. The van der Waals surface area contributed by atoms with E-state index in [1.807, 2.05) is 36.4 Å². The lowest BCUT2D eigenvalue weighted by Crippen LogP contribution is -1.88. The summed E-state index contributed by atoms with van der Waals surface area (Å²) in [6, 6.07) is 72.3. The second kappa shape index (κ2) is 14.3. The van der Waals surface area contributed by atoms with Crippen molar-refractivity contribution in [1.82, 2.24) is 19.9 Å². The van der Waals surface area contributed by atoms with E-state index in [0.29, 0.717) is 0 Å². The number of hydrogen-bond acceptors (Lipinski definition) is 2. The van der Waals surface area contributed by atoms with Gasteiger partial charge in [0.2, 0.25) is 0 Å². The van der Waals surface area contributed by atoms with Crippen LogP contribution in [0.1, 0.15) is 0 Å². The zero-order valence-electron chi connectivity index (χ0n) is 30.5. The maximum Gasteiger partial charge on any atom is 0.138 e. The first-order valence-electron chi connectivity index (χ1n) is 18.9. The first-order chi connectivity index (χ1) is 27.8. The van der Waals surface area contributed by atoms with E-state index in [1.165, 1.54) is 21.9 Å². The zero-order valence-corrected chi connectivity index (χ0v) is 30.5. The predicted octanol–water partition coefficient (Wildman–Crippen LogP) is 13.6. The summed E-state index contributed by atoms with van der Waals surface area (Å²) in [6.45, 7) is 0. The minimum absolute atomic E-state index is 0.844. The highest BCUT2D eigenvalue weighted by atomic mass is 14.9. The van der Waals surface area contributed by atoms with Crippen LogP contribution < -0.4 is 0 Å². The normalized spacial score (nSPS) is 11.2. The number of aromatic nitrogens is 4. The maximum absolute atomic E-state index is 5.14. The second-order valence-electron chi connectivity index (χ2n) is 13.9. The maximum atomic E-state index is 5.14. The average Bonchev–Trinajstić information content (AvgIpc) is 3.94. The Labute approximate surface area is 325 Å². The van der Waals surface area contributed by atoms with Crippen LogP contribution in [0.3, 0.4) is 0 Å². The molecule has 0 spiro atoms. The lowest BCUT2D eigenvalue weighted by atomic mass is 9.90. The molecule has 2 heterocycles. The summed E-state index contributed by atoms with van der Waals surface area (Å²) in [7, 11) is 0. The lowest BCUT2D eigenvalue weighted by molar-refractivity contribution is 1.31. The molecule has 0 amide bonds. The number of nitrogens with zero attached hydrogens (tertiary/aromatic N) is 2. The molecule has 0 aliphatic rings. The highest BCUT2D eigenvalue weighted by Gasteiger charge is 2.18.